The number of fused-ring (bicyclic) bond motifs is 1. The van der Waals surface area contributed by atoms with E-state index >= 15 is 0 Å². The summed E-state index contributed by atoms with van der Waals surface area (Å²) in [6.07, 6.45) is 0. The summed E-state index contributed by atoms with van der Waals surface area (Å²) in [4.78, 5) is 11.1. The monoisotopic (exact) mass is 182 g/mol. The Balaban J connectivity index is 2.60. The molecule has 1 aliphatic heterocycles. The normalized spacial score (nSPS) is 20.5. The predicted molar refractivity (Wildman–Crippen MR) is 47.0 cm³/mol. The third-order valence-electron chi connectivity index (χ3n) is 1.91. The fourth-order valence-electron chi connectivity index (χ4n) is 1.27. The molecule has 1 heterocycles. The van der Waals surface area contributed by atoms with Crippen LogP contribution in [0.3, 0.4) is 0 Å². The largest absolute Gasteiger partial charge is 0.323 e. The lowest BCUT2D eigenvalue weighted by Gasteiger charge is -2.00. The van der Waals surface area contributed by atoms with Crippen LogP contribution in [-0.2, 0) is 4.79 Å². The number of carbonyl (C=O) groups excluding carboxylic acids is 1. The number of hydrogen-bond donors (Lipinski definition) is 2. The molecule has 12 heavy (non-hydrogen) atoms. The molecule has 1 aromatic carbocycles. The van der Waals surface area contributed by atoms with Gasteiger partial charge in [-0.25, -0.2) is 0 Å². The Bertz CT molecular complexity index is 351. The molecule has 3 nitrogen and oxygen atoms in total. The molecule has 1 amide bonds. The van der Waals surface area contributed by atoms with Gasteiger partial charge in [-0.1, -0.05) is 23.7 Å². The quantitative estimate of drug-likeness (QED) is 0.635. The molecule has 1 atom stereocenters. The standard InChI is InChI=1S/C8H7ClN2O/c9-5-3-1-2-4-6(10)8(12)11-7(4)5/h1-3,6H,10H2,(H,11,12)/t6-/m0/s1. The highest BCUT2D eigenvalue weighted by atomic mass is 35.5. The number of anilines is 1. The van der Waals surface area contributed by atoms with Crippen LogP contribution in [0.5, 0.6) is 0 Å². The second kappa shape index (κ2) is 2.47. The number of rotatable bonds is 0. The van der Waals surface area contributed by atoms with Crippen molar-refractivity contribution in [1.82, 2.24) is 0 Å². The van der Waals surface area contributed by atoms with Crippen molar-refractivity contribution >= 4 is 23.2 Å². The zero-order valence-electron chi connectivity index (χ0n) is 6.17. The highest BCUT2D eigenvalue weighted by Gasteiger charge is 2.28. The Morgan fingerprint density at radius 1 is 1.50 bits per heavy atom. The zero-order chi connectivity index (χ0) is 8.72. The number of amides is 1. The molecule has 0 aromatic heterocycles. The van der Waals surface area contributed by atoms with Crippen LogP contribution < -0.4 is 11.1 Å². The van der Waals surface area contributed by atoms with Crippen molar-refractivity contribution in [3.8, 4) is 0 Å². The van der Waals surface area contributed by atoms with Crippen molar-refractivity contribution < 1.29 is 4.79 Å². The first-order valence-corrected chi connectivity index (χ1v) is 3.93. The third kappa shape index (κ3) is 0.906. The average Bonchev–Trinajstić information content (AvgIpc) is 2.32. The van der Waals surface area contributed by atoms with Gasteiger partial charge in [-0.3, -0.25) is 4.79 Å². The molecule has 62 valence electrons. The van der Waals surface area contributed by atoms with E-state index in [1.807, 2.05) is 0 Å². The van der Waals surface area contributed by atoms with Crippen molar-refractivity contribution in [2.75, 3.05) is 5.32 Å². The zero-order valence-corrected chi connectivity index (χ0v) is 6.93. The lowest BCUT2D eigenvalue weighted by molar-refractivity contribution is -0.116. The van der Waals surface area contributed by atoms with E-state index in [-0.39, 0.29) is 5.91 Å². The Morgan fingerprint density at radius 2 is 2.25 bits per heavy atom. The first-order valence-electron chi connectivity index (χ1n) is 3.55. The SMILES string of the molecule is N[C@@H]1C(=O)Nc2c(Cl)cccc21. The van der Waals surface area contributed by atoms with Crippen molar-refractivity contribution in [3.63, 3.8) is 0 Å². The molecule has 0 saturated carbocycles. The van der Waals surface area contributed by atoms with Crippen LogP contribution in [0.2, 0.25) is 5.02 Å². The van der Waals surface area contributed by atoms with Gasteiger partial charge in [0, 0.05) is 5.56 Å². The molecule has 3 N–H and O–H groups in total. The molecule has 4 heteroatoms. The summed E-state index contributed by atoms with van der Waals surface area (Å²) in [5.41, 5.74) is 7.01. The summed E-state index contributed by atoms with van der Waals surface area (Å²) in [5, 5.41) is 3.16. The van der Waals surface area contributed by atoms with E-state index in [9.17, 15) is 4.79 Å². The Morgan fingerprint density at radius 3 is 2.92 bits per heavy atom. The third-order valence-corrected chi connectivity index (χ3v) is 2.23. The molecular weight excluding hydrogens is 176 g/mol. The topological polar surface area (TPSA) is 55.1 Å². The fraction of sp³-hybridized carbons (Fsp3) is 0.125. The maximum atomic E-state index is 11.1. The molecular formula is C8H7ClN2O. The number of nitrogens with one attached hydrogen (secondary N) is 1. The lowest BCUT2D eigenvalue weighted by atomic mass is 10.1. The average molecular weight is 183 g/mol. The van der Waals surface area contributed by atoms with E-state index in [1.165, 1.54) is 0 Å². The van der Waals surface area contributed by atoms with Crippen LogP contribution >= 0.6 is 11.6 Å². The van der Waals surface area contributed by atoms with Gasteiger partial charge >= 0.3 is 0 Å². The van der Waals surface area contributed by atoms with Crippen molar-refractivity contribution in [2.24, 2.45) is 5.73 Å². The van der Waals surface area contributed by atoms with Gasteiger partial charge < -0.3 is 11.1 Å². The highest BCUT2D eigenvalue weighted by Crippen LogP contribution is 2.34. The smallest absolute Gasteiger partial charge is 0.246 e. The number of nitrogens with two attached hydrogens (primary N) is 1. The van der Waals surface area contributed by atoms with Crippen molar-refractivity contribution in [3.05, 3.63) is 28.8 Å². The van der Waals surface area contributed by atoms with E-state index in [1.54, 1.807) is 18.2 Å². The molecule has 0 aliphatic carbocycles. The molecule has 0 radical (unpaired) electrons. The summed E-state index contributed by atoms with van der Waals surface area (Å²) in [5.74, 6) is -0.196. The van der Waals surface area contributed by atoms with E-state index < -0.39 is 6.04 Å². The first-order chi connectivity index (χ1) is 5.70. The number of halogens is 1. The van der Waals surface area contributed by atoms with E-state index in [0.29, 0.717) is 10.7 Å². The van der Waals surface area contributed by atoms with E-state index in [2.05, 4.69) is 5.32 Å². The maximum absolute atomic E-state index is 11.1. The van der Waals surface area contributed by atoms with E-state index in [0.717, 1.165) is 5.56 Å². The minimum Gasteiger partial charge on any atom is -0.323 e. The van der Waals surface area contributed by atoms with Gasteiger partial charge in [-0.2, -0.15) is 0 Å². The van der Waals surface area contributed by atoms with Gasteiger partial charge in [0.25, 0.3) is 0 Å². The molecule has 1 aliphatic rings. The molecule has 0 spiro atoms. The van der Waals surface area contributed by atoms with Crippen LogP contribution in [-0.4, -0.2) is 5.91 Å². The Hall–Kier alpha value is -1.06. The highest BCUT2D eigenvalue weighted by molar-refractivity contribution is 6.34. The van der Waals surface area contributed by atoms with Crippen molar-refractivity contribution in [1.29, 1.82) is 0 Å². The van der Waals surface area contributed by atoms with Gasteiger partial charge in [-0.05, 0) is 6.07 Å². The van der Waals surface area contributed by atoms with E-state index in [4.69, 9.17) is 17.3 Å². The Kier molecular flexibility index (Phi) is 1.56. The summed E-state index contributed by atoms with van der Waals surface area (Å²) in [7, 11) is 0. The summed E-state index contributed by atoms with van der Waals surface area (Å²) in [6, 6.07) is 4.72. The number of carbonyl (C=O) groups is 1. The van der Waals surface area contributed by atoms with Gasteiger partial charge in [0.1, 0.15) is 6.04 Å². The molecule has 2 rings (SSSR count). The van der Waals surface area contributed by atoms with Crippen LogP contribution in [0.15, 0.2) is 18.2 Å². The lowest BCUT2D eigenvalue weighted by Crippen LogP contribution is -2.19. The number of para-hydroxylation sites is 1. The van der Waals surface area contributed by atoms with Crippen LogP contribution in [0.4, 0.5) is 5.69 Å². The maximum Gasteiger partial charge on any atom is 0.246 e. The van der Waals surface area contributed by atoms with Gasteiger partial charge in [0.2, 0.25) is 5.91 Å². The van der Waals surface area contributed by atoms with Crippen LogP contribution in [0, 0.1) is 0 Å². The second-order valence-corrected chi connectivity index (χ2v) is 3.08. The van der Waals surface area contributed by atoms with Gasteiger partial charge in [-0.15, -0.1) is 0 Å². The van der Waals surface area contributed by atoms with Crippen LogP contribution in [0.25, 0.3) is 0 Å². The minimum absolute atomic E-state index is 0.196. The van der Waals surface area contributed by atoms with Gasteiger partial charge in [0.05, 0.1) is 10.7 Å². The predicted octanol–water partition coefficient (Wildman–Crippen LogP) is 1.29. The number of hydrogen-bond acceptors (Lipinski definition) is 2. The summed E-state index contributed by atoms with van der Waals surface area (Å²) >= 11 is 5.83. The van der Waals surface area contributed by atoms with Crippen molar-refractivity contribution in [2.45, 2.75) is 6.04 Å². The fourth-order valence-corrected chi connectivity index (χ4v) is 1.50. The molecule has 1 aromatic rings. The first kappa shape index (κ1) is 7.58. The van der Waals surface area contributed by atoms with Crippen LogP contribution in [0.1, 0.15) is 11.6 Å². The Labute approximate surface area is 74.5 Å². The summed E-state index contributed by atoms with van der Waals surface area (Å²) < 4.78 is 0. The summed E-state index contributed by atoms with van der Waals surface area (Å²) in [6.45, 7) is 0. The molecule has 0 saturated heterocycles. The van der Waals surface area contributed by atoms with Gasteiger partial charge in [0.15, 0.2) is 0 Å². The molecule has 0 fully saturated rings. The number of benzene rings is 1. The molecule has 0 bridgehead atoms. The molecule has 0 unspecified atom stereocenters. The minimum atomic E-state index is -0.571. The second-order valence-electron chi connectivity index (χ2n) is 2.67.